The minimum absolute atomic E-state index is 0.0870. The first-order valence-corrected chi connectivity index (χ1v) is 7.93. The number of carbonyl (C=O) groups excluding carboxylic acids is 1. The minimum atomic E-state index is -0.780. The van der Waals surface area contributed by atoms with Gasteiger partial charge in [-0.05, 0) is 19.9 Å². The number of hydrogen-bond donors (Lipinski definition) is 2. The number of nitro groups is 1. The molecule has 1 aliphatic rings. The maximum Gasteiger partial charge on any atom is 0.296 e. The number of nitro benzene ring substituents is 1. The van der Waals surface area contributed by atoms with Crippen LogP contribution in [0.15, 0.2) is 17.7 Å². The summed E-state index contributed by atoms with van der Waals surface area (Å²) < 4.78 is 10.7. The first-order chi connectivity index (χ1) is 12.9. The number of nitrogens with one attached hydrogen (secondary N) is 2. The summed E-state index contributed by atoms with van der Waals surface area (Å²) in [5.74, 6) is -0.268. The summed E-state index contributed by atoms with van der Waals surface area (Å²) >= 11 is 0. The number of aryl methyl sites for hydroxylation is 2. The zero-order chi connectivity index (χ0) is 19.6. The Hall–Kier alpha value is -3.87. The fourth-order valence-corrected chi connectivity index (χ4v) is 2.58. The fraction of sp³-hybridized carbons (Fsp3) is 0.235. The molecule has 0 fully saturated rings. The van der Waals surface area contributed by atoms with Crippen LogP contribution in [0.2, 0.25) is 0 Å². The summed E-state index contributed by atoms with van der Waals surface area (Å²) in [5, 5.41) is 29.8. The van der Waals surface area contributed by atoms with Gasteiger partial charge in [0.2, 0.25) is 0 Å². The van der Waals surface area contributed by atoms with Crippen LogP contribution in [-0.2, 0) is 4.79 Å². The molecule has 0 saturated carbocycles. The molecule has 0 spiro atoms. The van der Waals surface area contributed by atoms with Gasteiger partial charge in [-0.1, -0.05) is 0 Å². The topological polar surface area (TPSA) is 143 Å². The first kappa shape index (κ1) is 17.9. The Morgan fingerprint density at radius 2 is 2.04 bits per heavy atom. The van der Waals surface area contributed by atoms with E-state index in [4.69, 9.17) is 9.47 Å². The second kappa shape index (κ2) is 7.17. The molecule has 0 unspecified atom stereocenters. The van der Waals surface area contributed by atoms with E-state index in [9.17, 15) is 20.2 Å². The average Bonchev–Trinajstić information content (AvgIpc) is 2.96. The molecule has 2 aromatic rings. The van der Waals surface area contributed by atoms with Crippen LogP contribution in [0.1, 0.15) is 17.0 Å². The Bertz CT molecular complexity index is 982. The number of aromatic amines is 1. The fourth-order valence-electron chi connectivity index (χ4n) is 2.58. The van der Waals surface area contributed by atoms with Gasteiger partial charge in [-0.2, -0.15) is 10.4 Å². The molecule has 0 bridgehead atoms. The van der Waals surface area contributed by atoms with Crippen LogP contribution in [0.4, 0.5) is 11.4 Å². The molecule has 1 aromatic carbocycles. The lowest BCUT2D eigenvalue weighted by Gasteiger charge is -2.19. The van der Waals surface area contributed by atoms with Crippen LogP contribution in [0.5, 0.6) is 11.5 Å². The summed E-state index contributed by atoms with van der Waals surface area (Å²) in [5.41, 5.74) is 1.26. The van der Waals surface area contributed by atoms with Gasteiger partial charge in [0.15, 0.2) is 11.5 Å². The Morgan fingerprint density at radius 3 is 2.59 bits per heavy atom. The number of nitrogens with zero attached hydrogens (tertiary/aromatic N) is 3. The highest BCUT2D eigenvalue weighted by Crippen LogP contribution is 2.39. The lowest BCUT2D eigenvalue weighted by molar-refractivity contribution is -0.384. The molecule has 2 heterocycles. The number of amides is 1. The van der Waals surface area contributed by atoms with E-state index >= 15 is 0 Å². The largest absolute Gasteiger partial charge is 0.486 e. The van der Waals surface area contributed by atoms with Gasteiger partial charge >= 0.3 is 0 Å². The van der Waals surface area contributed by atoms with E-state index in [2.05, 4.69) is 15.5 Å². The zero-order valence-corrected chi connectivity index (χ0v) is 14.5. The summed E-state index contributed by atoms with van der Waals surface area (Å²) in [4.78, 5) is 23.2. The van der Waals surface area contributed by atoms with E-state index in [-0.39, 0.29) is 35.1 Å². The molecular weight excluding hydrogens is 354 g/mol. The highest BCUT2D eigenvalue weighted by Gasteiger charge is 2.24. The van der Waals surface area contributed by atoms with E-state index in [0.29, 0.717) is 23.6 Å². The van der Waals surface area contributed by atoms with Crippen molar-refractivity contribution in [2.24, 2.45) is 0 Å². The number of carbonyl (C=O) groups is 1. The number of hydrogen-bond acceptors (Lipinski definition) is 7. The number of benzene rings is 1. The zero-order valence-electron chi connectivity index (χ0n) is 14.5. The van der Waals surface area contributed by atoms with Crippen molar-refractivity contribution >= 4 is 23.4 Å². The summed E-state index contributed by atoms with van der Waals surface area (Å²) in [6.07, 6.45) is 1.38. The molecule has 138 valence electrons. The van der Waals surface area contributed by atoms with E-state index in [1.165, 1.54) is 18.2 Å². The van der Waals surface area contributed by atoms with Crippen molar-refractivity contribution in [3.8, 4) is 17.6 Å². The van der Waals surface area contributed by atoms with Crippen molar-refractivity contribution in [2.75, 3.05) is 18.5 Å². The van der Waals surface area contributed by atoms with Crippen LogP contribution < -0.4 is 14.8 Å². The van der Waals surface area contributed by atoms with Crippen LogP contribution in [0, 0.1) is 35.3 Å². The molecule has 1 aliphatic heterocycles. The number of rotatable bonds is 4. The lowest BCUT2D eigenvalue weighted by Crippen LogP contribution is -2.18. The Labute approximate surface area is 153 Å². The summed E-state index contributed by atoms with van der Waals surface area (Å²) in [7, 11) is 0. The highest BCUT2D eigenvalue weighted by molar-refractivity contribution is 6.10. The van der Waals surface area contributed by atoms with Crippen molar-refractivity contribution in [3.05, 3.63) is 44.8 Å². The van der Waals surface area contributed by atoms with Gasteiger partial charge < -0.3 is 14.8 Å². The molecule has 3 rings (SSSR count). The third kappa shape index (κ3) is 3.57. The quantitative estimate of drug-likeness (QED) is 0.364. The van der Waals surface area contributed by atoms with E-state index in [1.807, 2.05) is 6.07 Å². The maximum absolute atomic E-state index is 12.5. The van der Waals surface area contributed by atoms with Gasteiger partial charge in [0, 0.05) is 17.3 Å². The normalized spacial score (nSPS) is 13.0. The van der Waals surface area contributed by atoms with Gasteiger partial charge in [0.1, 0.15) is 30.5 Å². The number of nitriles is 1. The molecule has 0 atom stereocenters. The van der Waals surface area contributed by atoms with Crippen LogP contribution >= 0.6 is 0 Å². The van der Waals surface area contributed by atoms with Crippen molar-refractivity contribution < 1.29 is 19.2 Å². The molecule has 0 saturated heterocycles. The molecule has 0 aliphatic carbocycles. The molecule has 2 N–H and O–H groups in total. The van der Waals surface area contributed by atoms with E-state index in [1.54, 1.807) is 13.8 Å². The number of ether oxygens (including phenoxy) is 2. The van der Waals surface area contributed by atoms with E-state index < -0.39 is 10.8 Å². The van der Waals surface area contributed by atoms with Crippen LogP contribution in [0.3, 0.4) is 0 Å². The summed E-state index contributed by atoms with van der Waals surface area (Å²) in [6.45, 7) is 4.06. The Balaban J connectivity index is 1.95. The maximum atomic E-state index is 12.5. The molecule has 1 aromatic heterocycles. The molecule has 1 amide bonds. The number of anilines is 1. The number of fused-ring (bicyclic) bond motifs is 1. The number of H-pyrrole nitrogens is 1. The average molecular weight is 369 g/mol. The highest BCUT2D eigenvalue weighted by atomic mass is 16.6. The third-order valence-electron chi connectivity index (χ3n) is 3.94. The first-order valence-electron chi connectivity index (χ1n) is 7.93. The van der Waals surface area contributed by atoms with Gasteiger partial charge in [-0.25, -0.2) is 0 Å². The summed E-state index contributed by atoms with van der Waals surface area (Å²) in [6, 6.07) is 4.31. The van der Waals surface area contributed by atoms with Crippen LogP contribution in [-0.4, -0.2) is 34.2 Å². The predicted molar refractivity (Wildman–Crippen MR) is 94.4 cm³/mol. The van der Waals surface area contributed by atoms with Crippen molar-refractivity contribution in [3.63, 3.8) is 0 Å². The van der Waals surface area contributed by atoms with Gasteiger partial charge in [0.05, 0.1) is 16.7 Å². The standard InChI is InChI=1S/C17H15N5O5/c1-9-12(10(2)21-20-9)5-11(8-18)17(23)19-13-6-15-16(27-4-3-26-15)7-14(13)22(24)25/h5-7H,3-4H2,1-2H3,(H,19,23)(H,20,21)/b11-5+. The third-order valence-corrected chi connectivity index (χ3v) is 3.94. The molecule has 10 nitrogen and oxygen atoms in total. The van der Waals surface area contributed by atoms with Crippen molar-refractivity contribution in [2.45, 2.75) is 13.8 Å². The molecule has 10 heteroatoms. The second-order valence-corrected chi connectivity index (χ2v) is 5.74. The minimum Gasteiger partial charge on any atom is -0.486 e. The smallest absolute Gasteiger partial charge is 0.296 e. The predicted octanol–water partition coefficient (Wildman–Crippen LogP) is 2.25. The molecule has 27 heavy (non-hydrogen) atoms. The van der Waals surface area contributed by atoms with Gasteiger partial charge in [0.25, 0.3) is 11.6 Å². The Kier molecular flexibility index (Phi) is 4.76. The molecular formula is C17H15N5O5. The SMILES string of the molecule is Cc1n[nH]c(C)c1/C=C(\C#N)C(=O)Nc1cc2c(cc1[N+](=O)[O-])OCCO2. The Morgan fingerprint density at radius 1 is 1.37 bits per heavy atom. The number of aromatic nitrogens is 2. The lowest BCUT2D eigenvalue weighted by atomic mass is 10.1. The van der Waals surface area contributed by atoms with Crippen LogP contribution in [0.25, 0.3) is 6.08 Å². The van der Waals surface area contributed by atoms with Gasteiger partial charge in [-0.15, -0.1) is 0 Å². The molecule has 0 radical (unpaired) electrons. The second-order valence-electron chi connectivity index (χ2n) is 5.74. The monoisotopic (exact) mass is 369 g/mol. The van der Waals surface area contributed by atoms with Crippen molar-refractivity contribution in [1.82, 2.24) is 10.2 Å². The van der Waals surface area contributed by atoms with Crippen molar-refractivity contribution in [1.29, 1.82) is 5.26 Å². The van der Waals surface area contributed by atoms with Gasteiger partial charge in [-0.3, -0.25) is 20.0 Å². The van der Waals surface area contributed by atoms with E-state index in [0.717, 1.165) is 0 Å².